The number of nitrogens with one attached hydrogen (secondary N) is 1. The van der Waals surface area contributed by atoms with E-state index < -0.39 is 17.7 Å². The number of aliphatic hydroxyl groups is 5. The highest BCUT2D eigenvalue weighted by Crippen LogP contribution is 2.15. The van der Waals surface area contributed by atoms with Crippen LogP contribution in [0, 0.1) is 6.92 Å². The van der Waals surface area contributed by atoms with Gasteiger partial charge in [0.2, 0.25) is 0 Å². The Kier molecular flexibility index (Phi) is 12.7. The fourth-order valence-electron chi connectivity index (χ4n) is 3.77. The van der Waals surface area contributed by atoms with E-state index in [4.69, 9.17) is 14.9 Å². The Balaban J connectivity index is 0.000000430. The highest BCUT2D eigenvalue weighted by atomic mass is 16.5. The lowest BCUT2D eigenvalue weighted by molar-refractivity contribution is -0.0715. The fourth-order valence-corrected chi connectivity index (χ4v) is 3.77. The second-order valence-corrected chi connectivity index (χ2v) is 9.14. The number of hydrogen-bond acceptors (Lipinski definition) is 7. The van der Waals surface area contributed by atoms with E-state index in [1.807, 2.05) is 0 Å². The molecule has 2 unspecified atom stereocenters. The van der Waals surface area contributed by atoms with Crippen LogP contribution in [0.4, 0.5) is 0 Å². The van der Waals surface area contributed by atoms with E-state index in [9.17, 15) is 15.3 Å². The van der Waals surface area contributed by atoms with Crippen molar-refractivity contribution >= 4 is 0 Å². The van der Waals surface area contributed by atoms with Crippen LogP contribution >= 0.6 is 0 Å². The summed E-state index contributed by atoms with van der Waals surface area (Å²) >= 11 is 0. The van der Waals surface area contributed by atoms with Gasteiger partial charge in [0.1, 0.15) is 0 Å². The molecule has 2 atom stereocenters. The van der Waals surface area contributed by atoms with Crippen molar-refractivity contribution in [3.8, 4) is 0 Å². The summed E-state index contributed by atoms with van der Waals surface area (Å²) in [4.78, 5) is 0. The summed E-state index contributed by atoms with van der Waals surface area (Å²) in [7, 11) is 0. The van der Waals surface area contributed by atoms with Crippen LogP contribution in [0.3, 0.4) is 0 Å². The van der Waals surface area contributed by atoms with Gasteiger partial charge in [-0.15, -0.1) is 0 Å². The molecule has 0 saturated carbocycles. The molecule has 7 nitrogen and oxygen atoms in total. The minimum absolute atomic E-state index is 0.275. The fraction of sp³-hybridized carbons (Fsp3) is 0.556. The minimum Gasteiger partial charge on any atom is -0.394 e. The molecule has 1 heterocycles. The Bertz CT molecular complexity index is 793. The van der Waals surface area contributed by atoms with E-state index in [-0.39, 0.29) is 19.8 Å². The normalized spacial score (nSPS) is 18.3. The van der Waals surface area contributed by atoms with Crippen molar-refractivity contribution in [3.63, 3.8) is 0 Å². The molecule has 1 aliphatic rings. The van der Waals surface area contributed by atoms with Crippen molar-refractivity contribution in [3.05, 3.63) is 70.8 Å². The third-order valence-corrected chi connectivity index (χ3v) is 6.14. The number of ether oxygens (including phenoxy) is 1. The number of unbranched alkanes of at least 4 members (excludes halogenated alkanes) is 1. The Hall–Kier alpha value is -1.84. The molecule has 0 aliphatic carbocycles. The van der Waals surface area contributed by atoms with Gasteiger partial charge in [-0.2, -0.15) is 0 Å². The second-order valence-electron chi connectivity index (χ2n) is 9.14. The molecule has 0 amide bonds. The van der Waals surface area contributed by atoms with E-state index in [2.05, 4.69) is 60.8 Å². The van der Waals surface area contributed by atoms with Gasteiger partial charge in [0.15, 0.2) is 0 Å². The van der Waals surface area contributed by atoms with E-state index in [1.165, 1.54) is 22.3 Å². The molecule has 0 aromatic heterocycles. The van der Waals surface area contributed by atoms with Crippen LogP contribution in [0.15, 0.2) is 48.5 Å². The zero-order valence-electron chi connectivity index (χ0n) is 20.2. The molecule has 6 N–H and O–H groups in total. The highest BCUT2D eigenvalue weighted by molar-refractivity contribution is 5.33. The van der Waals surface area contributed by atoms with Gasteiger partial charge in [0.25, 0.3) is 0 Å². The molecule has 1 saturated heterocycles. The van der Waals surface area contributed by atoms with Gasteiger partial charge in [-0.1, -0.05) is 48.5 Å². The summed E-state index contributed by atoms with van der Waals surface area (Å²) in [6.45, 7) is 2.73. The molecule has 0 spiro atoms. The number of benzene rings is 2. The Labute approximate surface area is 203 Å². The maximum absolute atomic E-state index is 9.28. The van der Waals surface area contributed by atoms with Crippen molar-refractivity contribution in [2.75, 3.05) is 39.6 Å². The maximum Gasteiger partial charge on any atom is 0.0881 e. The zero-order valence-corrected chi connectivity index (χ0v) is 20.2. The second kappa shape index (κ2) is 15.2. The minimum atomic E-state index is -0.975. The number of hydrogen-bond donors (Lipinski definition) is 6. The summed E-state index contributed by atoms with van der Waals surface area (Å²) < 4.78 is 4.79. The van der Waals surface area contributed by atoms with Gasteiger partial charge in [0.05, 0.1) is 50.8 Å². The Morgan fingerprint density at radius 3 is 1.97 bits per heavy atom. The molecule has 34 heavy (non-hydrogen) atoms. The van der Waals surface area contributed by atoms with Gasteiger partial charge in [0, 0.05) is 6.42 Å². The van der Waals surface area contributed by atoms with Crippen molar-refractivity contribution in [2.24, 2.45) is 0 Å². The van der Waals surface area contributed by atoms with Crippen LogP contribution in [-0.4, -0.2) is 82.9 Å². The highest BCUT2D eigenvalue weighted by Gasteiger charge is 2.26. The largest absolute Gasteiger partial charge is 0.394 e. The van der Waals surface area contributed by atoms with Gasteiger partial charge in [-0.3, -0.25) is 0 Å². The SMILES string of the molecule is Cc1ccccc1Cc1ccc(CCCCNC(CO)(CO)CO)cc1.OC1COCC(O)C1. The van der Waals surface area contributed by atoms with Gasteiger partial charge < -0.3 is 35.6 Å². The quantitative estimate of drug-likeness (QED) is 0.271. The number of aliphatic hydroxyl groups excluding tert-OH is 5. The third kappa shape index (κ3) is 9.80. The zero-order chi connectivity index (χ0) is 24.8. The predicted molar refractivity (Wildman–Crippen MR) is 133 cm³/mol. The third-order valence-electron chi connectivity index (χ3n) is 6.14. The summed E-state index contributed by atoms with van der Waals surface area (Å²) in [5.74, 6) is 0. The van der Waals surface area contributed by atoms with Crippen LogP contribution in [0.25, 0.3) is 0 Å². The molecular formula is C27H41NO6. The van der Waals surface area contributed by atoms with Crippen molar-refractivity contribution in [1.82, 2.24) is 5.32 Å². The molecule has 0 radical (unpaired) electrons. The lowest BCUT2D eigenvalue weighted by Crippen LogP contribution is -2.55. The Morgan fingerprint density at radius 1 is 0.853 bits per heavy atom. The van der Waals surface area contributed by atoms with E-state index in [0.29, 0.717) is 26.2 Å². The topological polar surface area (TPSA) is 122 Å². The van der Waals surface area contributed by atoms with Crippen LogP contribution < -0.4 is 5.32 Å². The van der Waals surface area contributed by atoms with Crippen molar-refractivity contribution < 1.29 is 30.3 Å². The molecule has 2 aromatic carbocycles. The summed E-state index contributed by atoms with van der Waals surface area (Å²) in [6.07, 6.45) is 3.44. The first kappa shape index (κ1) is 28.4. The van der Waals surface area contributed by atoms with E-state index in [1.54, 1.807) is 0 Å². The monoisotopic (exact) mass is 475 g/mol. The first-order chi connectivity index (χ1) is 16.4. The molecule has 1 aliphatic heterocycles. The van der Waals surface area contributed by atoms with Crippen LogP contribution in [0.5, 0.6) is 0 Å². The average Bonchev–Trinajstić information content (AvgIpc) is 2.84. The average molecular weight is 476 g/mol. The van der Waals surface area contributed by atoms with Gasteiger partial charge >= 0.3 is 0 Å². The first-order valence-corrected chi connectivity index (χ1v) is 12.0. The molecule has 7 heteroatoms. The number of rotatable bonds is 11. The molecule has 3 rings (SSSR count). The lowest BCUT2D eigenvalue weighted by Gasteiger charge is -2.28. The van der Waals surface area contributed by atoms with E-state index >= 15 is 0 Å². The molecule has 1 fully saturated rings. The molecule has 190 valence electrons. The molecule has 0 bridgehead atoms. The summed E-state index contributed by atoms with van der Waals surface area (Å²) in [5, 5.41) is 48.5. The van der Waals surface area contributed by atoms with Crippen LogP contribution in [0.1, 0.15) is 41.5 Å². The van der Waals surface area contributed by atoms with Crippen LogP contribution in [0.2, 0.25) is 0 Å². The van der Waals surface area contributed by atoms with Crippen molar-refractivity contribution in [2.45, 2.75) is 56.8 Å². The molecular weight excluding hydrogens is 434 g/mol. The lowest BCUT2D eigenvalue weighted by atomic mass is 9.99. The first-order valence-electron chi connectivity index (χ1n) is 12.0. The standard InChI is InChI=1S/C22H31NO3.C5H10O3/c1-18-6-2-3-8-21(18)14-20-11-9-19(10-12-20)7-4-5-13-23-22(15-24,16-25)17-26;6-4-1-5(7)3-8-2-4/h2-3,6,8-12,23-26H,4-5,7,13-17H2,1H3;4-7H,1-3H2. The van der Waals surface area contributed by atoms with Gasteiger partial charge in [-0.25, -0.2) is 0 Å². The van der Waals surface area contributed by atoms with Gasteiger partial charge in [-0.05, 0) is 61.4 Å². The predicted octanol–water partition coefficient (Wildman–Crippen LogP) is 1.34. The van der Waals surface area contributed by atoms with Crippen molar-refractivity contribution in [1.29, 1.82) is 0 Å². The van der Waals surface area contributed by atoms with Crippen LogP contribution in [-0.2, 0) is 17.6 Å². The Morgan fingerprint density at radius 2 is 1.44 bits per heavy atom. The summed E-state index contributed by atoms with van der Waals surface area (Å²) in [5.41, 5.74) is 4.36. The number of aryl methyl sites for hydroxylation is 2. The molecule has 2 aromatic rings. The smallest absolute Gasteiger partial charge is 0.0881 e. The van der Waals surface area contributed by atoms with E-state index in [0.717, 1.165) is 25.7 Å². The summed E-state index contributed by atoms with van der Waals surface area (Å²) in [6, 6.07) is 17.3. The maximum atomic E-state index is 9.28.